The predicted octanol–water partition coefficient (Wildman–Crippen LogP) is 6.97. The second-order valence-electron chi connectivity index (χ2n) is 10.4. The first kappa shape index (κ1) is 29.5. The molecule has 40 heavy (non-hydrogen) atoms. The molecule has 6 heteroatoms. The summed E-state index contributed by atoms with van der Waals surface area (Å²) in [6.45, 7) is 6.38. The lowest BCUT2D eigenvalue weighted by Gasteiger charge is -2.36. The molecule has 0 radical (unpaired) electrons. The highest BCUT2D eigenvalue weighted by Gasteiger charge is 2.29. The number of unbranched alkanes of at least 4 members (excludes halogenated alkanes) is 1. The SMILES string of the molecule is CCCCOC(=O)c1ccc(OCCCN2CCC(C(c3ccc(OC)cc3)c3ccc(OC)cc3)CC2)cc1. The van der Waals surface area contributed by atoms with Gasteiger partial charge in [-0.15, -0.1) is 0 Å². The molecule has 0 unspecified atom stereocenters. The fraction of sp³-hybridized carbons (Fsp3) is 0.441. The largest absolute Gasteiger partial charge is 0.497 e. The van der Waals surface area contributed by atoms with Crippen LogP contribution in [-0.4, -0.2) is 57.9 Å². The van der Waals surface area contributed by atoms with E-state index in [1.54, 1.807) is 26.4 Å². The Morgan fingerprint density at radius 3 is 1.85 bits per heavy atom. The molecule has 1 aliphatic rings. The van der Waals surface area contributed by atoms with Crippen LogP contribution in [0.2, 0.25) is 0 Å². The second kappa shape index (κ2) is 15.3. The summed E-state index contributed by atoms with van der Waals surface area (Å²) in [6, 6.07) is 24.3. The minimum atomic E-state index is -0.273. The molecule has 1 saturated heterocycles. The zero-order valence-corrected chi connectivity index (χ0v) is 24.1. The van der Waals surface area contributed by atoms with Crippen LogP contribution < -0.4 is 14.2 Å². The van der Waals surface area contributed by atoms with Crippen LogP contribution in [0.1, 0.15) is 66.4 Å². The van der Waals surface area contributed by atoms with Gasteiger partial charge < -0.3 is 23.8 Å². The Morgan fingerprint density at radius 1 is 0.775 bits per heavy atom. The number of hydrogen-bond donors (Lipinski definition) is 0. The van der Waals surface area contributed by atoms with Crippen LogP contribution in [0.25, 0.3) is 0 Å². The third-order valence-corrected chi connectivity index (χ3v) is 7.76. The highest BCUT2D eigenvalue weighted by Crippen LogP contribution is 2.39. The summed E-state index contributed by atoms with van der Waals surface area (Å²) in [5, 5.41) is 0. The molecule has 0 spiro atoms. The van der Waals surface area contributed by atoms with Gasteiger partial charge in [-0.3, -0.25) is 0 Å². The monoisotopic (exact) mass is 545 g/mol. The van der Waals surface area contributed by atoms with Crippen LogP contribution in [0.4, 0.5) is 0 Å². The maximum absolute atomic E-state index is 12.1. The van der Waals surface area contributed by atoms with Gasteiger partial charge in [0.05, 0.1) is 33.0 Å². The molecule has 3 aromatic rings. The number of benzene rings is 3. The van der Waals surface area contributed by atoms with Crippen molar-refractivity contribution < 1.29 is 23.7 Å². The normalized spacial score (nSPS) is 14.2. The molecule has 0 amide bonds. The summed E-state index contributed by atoms with van der Waals surface area (Å²) in [4.78, 5) is 14.6. The number of carbonyl (C=O) groups excluding carboxylic acids is 1. The van der Waals surface area contributed by atoms with Crippen molar-refractivity contribution in [3.8, 4) is 17.2 Å². The zero-order valence-electron chi connectivity index (χ0n) is 24.1. The van der Waals surface area contributed by atoms with E-state index in [2.05, 4.69) is 60.4 Å². The molecule has 0 atom stereocenters. The first-order valence-corrected chi connectivity index (χ1v) is 14.5. The summed E-state index contributed by atoms with van der Waals surface area (Å²) in [7, 11) is 3.42. The van der Waals surface area contributed by atoms with E-state index in [4.69, 9.17) is 18.9 Å². The number of ether oxygens (including phenoxy) is 4. The van der Waals surface area contributed by atoms with E-state index in [0.29, 0.717) is 30.6 Å². The standard InChI is InChI=1S/C34H43NO5/c1-4-5-24-40-34(36)29-11-17-32(18-12-29)39-25-6-21-35-22-19-28(20-23-35)33(26-7-13-30(37-2)14-8-26)27-9-15-31(38-3)16-10-27/h7-18,28,33H,4-6,19-25H2,1-3H3. The van der Waals surface area contributed by atoms with Gasteiger partial charge in [-0.1, -0.05) is 37.6 Å². The van der Waals surface area contributed by atoms with Crippen LogP contribution in [0.15, 0.2) is 72.8 Å². The highest BCUT2D eigenvalue weighted by atomic mass is 16.5. The van der Waals surface area contributed by atoms with Gasteiger partial charge in [0.25, 0.3) is 0 Å². The molecule has 4 rings (SSSR count). The Labute approximate surface area is 239 Å². The summed E-state index contributed by atoms with van der Waals surface area (Å²) < 4.78 is 22.0. The van der Waals surface area contributed by atoms with Gasteiger partial charge in [0.2, 0.25) is 0 Å². The third-order valence-electron chi connectivity index (χ3n) is 7.76. The van der Waals surface area contributed by atoms with E-state index in [0.717, 1.165) is 69.0 Å². The minimum Gasteiger partial charge on any atom is -0.497 e. The second-order valence-corrected chi connectivity index (χ2v) is 10.4. The van der Waals surface area contributed by atoms with Gasteiger partial charge in [0.1, 0.15) is 17.2 Å². The lowest BCUT2D eigenvalue weighted by Crippen LogP contribution is -2.36. The van der Waals surface area contributed by atoms with Crippen molar-refractivity contribution in [2.75, 3.05) is 47.1 Å². The van der Waals surface area contributed by atoms with Gasteiger partial charge in [-0.05, 0) is 104 Å². The number of rotatable bonds is 14. The zero-order chi connectivity index (χ0) is 28.2. The van der Waals surface area contributed by atoms with Gasteiger partial charge in [0, 0.05) is 12.5 Å². The van der Waals surface area contributed by atoms with Crippen molar-refractivity contribution in [3.05, 3.63) is 89.5 Å². The molecular formula is C34H43NO5. The van der Waals surface area contributed by atoms with Crippen LogP contribution in [0, 0.1) is 5.92 Å². The van der Waals surface area contributed by atoms with E-state index in [9.17, 15) is 4.79 Å². The number of likely N-dealkylation sites (tertiary alicyclic amines) is 1. The highest BCUT2D eigenvalue weighted by molar-refractivity contribution is 5.89. The number of piperidine rings is 1. The molecule has 0 aromatic heterocycles. The number of methoxy groups -OCH3 is 2. The van der Waals surface area contributed by atoms with Gasteiger partial charge in [-0.2, -0.15) is 0 Å². The molecule has 6 nitrogen and oxygen atoms in total. The summed E-state index contributed by atoms with van der Waals surface area (Å²) in [5.74, 6) is 3.19. The van der Waals surface area contributed by atoms with Gasteiger partial charge in [-0.25, -0.2) is 4.79 Å². The number of carbonyl (C=O) groups is 1. The molecule has 0 N–H and O–H groups in total. The molecule has 214 valence electrons. The van der Waals surface area contributed by atoms with Crippen molar-refractivity contribution in [1.82, 2.24) is 4.90 Å². The van der Waals surface area contributed by atoms with E-state index >= 15 is 0 Å². The Hall–Kier alpha value is -3.51. The van der Waals surface area contributed by atoms with Crippen LogP contribution >= 0.6 is 0 Å². The van der Waals surface area contributed by atoms with Crippen molar-refractivity contribution in [3.63, 3.8) is 0 Å². The minimum absolute atomic E-state index is 0.273. The fourth-order valence-corrected chi connectivity index (χ4v) is 5.43. The lowest BCUT2D eigenvalue weighted by molar-refractivity contribution is 0.0499. The van der Waals surface area contributed by atoms with Crippen LogP contribution in [0.5, 0.6) is 17.2 Å². The van der Waals surface area contributed by atoms with E-state index in [1.165, 1.54) is 11.1 Å². The first-order valence-electron chi connectivity index (χ1n) is 14.5. The molecule has 0 bridgehead atoms. The first-order chi connectivity index (χ1) is 19.6. The number of esters is 1. The van der Waals surface area contributed by atoms with E-state index in [-0.39, 0.29) is 5.97 Å². The van der Waals surface area contributed by atoms with Crippen molar-refractivity contribution in [2.45, 2.75) is 44.9 Å². The van der Waals surface area contributed by atoms with Crippen molar-refractivity contribution >= 4 is 5.97 Å². The summed E-state index contributed by atoms with van der Waals surface area (Å²) >= 11 is 0. The average molecular weight is 546 g/mol. The van der Waals surface area contributed by atoms with Crippen molar-refractivity contribution in [1.29, 1.82) is 0 Å². The average Bonchev–Trinajstić information content (AvgIpc) is 3.01. The molecule has 1 heterocycles. The van der Waals surface area contributed by atoms with Crippen LogP contribution in [-0.2, 0) is 4.74 Å². The van der Waals surface area contributed by atoms with E-state index < -0.39 is 0 Å². The summed E-state index contributed by atoms with van der Waals surface area (Å²) in [5.41, 5.74) is 3.23. The third kappa shape index (κ3) is 8.25. The number of nitrogens with zero attached hydrogens (tertiary/aromatic N) is 1. The van der Waals surface area contributed by atoms with Crippen LogP contribution in [0.3, 0.4) is 0 Å². The fourth-order valence-electron chi connectivity index (χ4n) is 5.43. The van der Waals surface area contributed by atoms with Gasteiger partial charge >= 0.3 is 5.97 Å². The molecule has 1 fully saturated rings. The smallest absolute Gasteiger partial charge is 0.338 e. The van der Waals surface area contributed by atoms with E-state index in [1.807, 2.05) is 12.1 Å². The summed E-state index contributed by atoms with van der Waals surface area (Å²) in [6.07, 6.45) is 5.16. The number of hydrogen-bond acceptors (Lipinski definition) is 6. The predicted molar refractivity (Wildman–Crippen MR) is 159 cm³/mol. The molecule has 0 aliphatic carbocycles. The topological polar surface area (TPSA) is 57.2 Å². The maximum Gasteiger partial charge on any atom is 0.338 e. The quantitative estimate of drug-likeness (QED) is 0.161. The Kier molecular flexibility index (Phi) is 11.3. The molecule has 1 aliphatic heterocycles. The van der Waals surface area contributed by atoms with Gasteiger partial charge in [0.15, 0.2) is 0 Å². The Morgan fingerprint density at radius 2 is 1.32 bits per heavy atom. The Balaban J connectivity index is 1.25. The molecular weight excluding hydrogens is 502 g/mol. The van der Waals surface area contributed by atoms with Crippen molar-refractivity contribution in [2.24, 2.45) is 5.92 Å². The molecule has 0 saturated carbocycles. The molecule has 3 aromatic carbocycles. The Bertz CT molecular complexity index is 1100. The maximum atomic E-state index is 12.1. The lowest BCUT2D eigenvalue weighted by atomic mass is 9.76.